The van der Waals surface area contributed by atoms with Crippen LogP contribution in [0, 0.1) is 0 Å². The number of hydrogen-bond donors (Lipinski definition) is 2. The highest BCUT2D eigenvalue weighted by molar-refractivity contribution is 7.09. The molecule has 0 aromatic carbocycles. The molecule has 5 nitrogen and oxygen atoms in total. The number of nitrogens with one attached hydrogen (secondary N) is 2. The molecule has 0 fully saturated rings. The molecule has 0 aliphatic heterocycles. The molecular formula is C4H6N4OS. The van der Waals surface area contributed by atoms with E-state index < -0.39 is 0 Å². The standard InChI is InChI=1S/C4H6N4OS/c1-5-3(9)8-4-6-2-7-10-4/h2H,1H3,(H2,5,6,7,8,9). The van der Waals surface area contributed by atoms with Gasteiger partial charge < -0.3 is 5.32 Å². The second kappa shape index (κ2) is 3.11. The minimum absolute atomic E-state index is 0.281. The molecule has 1 rings (SSSR count). The summed E-state index contributed by atoms with van der Waals surface area (Å²) in [7, 11) is 1.54. The van der Waals surface area contributed by atoms with Gasteiger partial charge in [0.2, 0.25) is 5.13 Å². The summed E-state index contributed by atoms with van der Waals surface area (Å²) < 4.78 is 3.70. The van der Waals surface area contributed by atoms with Gasteiger partial charge in [0.15, 0.2) is 0 Å². The van der Waals surface area contributed by atoms with Crippen LogP contribution in [0.2, 0.25) is 0 Å². The highest BCUT2D eigenvalue weighted by Gasteiger charge is 1.98. The van der Waals surface area contributed by atoms with Crippen LogP contribution in [0.5, 0.6) is 0 Å². The van der Waals surface area contributed by atoms with Gasteiger partial charge in [-0.2, -0.15) is 4.37 Å². The summed E-state index contributed by atoms with van der Waals surface area (Å²) in [4.78, 5) is 14.3. The van der Waals surface area contributed by atoms with E-state index in [1.54, 1.807) is 0 Å². The highest BCUT2D eigenvalue weighted by Crippen LogP contribution is 2.04. The van der Waals surface area contributed by atoms with Crippen molar-refractivity contribution < 1.29 is 4.79 Å². The van der Waals surface area contributed by atoms with Gasteiger partial charge in [0.25, 0.3) is 0 Å². The predicted molar refractivity (Wildman–Crippen MR) is 38.0 cm³/mol. The topological polar surface area (TPSA) is 66.9 Å². The van der Waals surface area contributed by atoms with Crippen LogP contribution in [0.1, 0.15) is 0 Å². The third kappa shape index (κ3) is 1.66. The van der Waals surface area contributed by atoms with Gasteiger partial charge in [-0.3, -0.25) is 5.32 Å². The van der Waals surface area contributed by atoms with Gasteiger partial charge in [-0.1, -0.05) is 0 Å². The van der Waals surface area contributed by atoms with E-state index in [1.165, 1.54) is 13.4 Å². The molecule has 2 amide bonds. The molecule has 0 radical (unpaired) electrons. The number of amides is 2. The maximum absolute atomic E-state index is 10.6. The third-order valence-corrected chi connectivity index (χ3v) is 1.39. The van der Waals surface area contributed by atoms with Gasteiger partial charge >= 0.3 is 6.03 Å². The molecule has 6 heteroatoms. The molecule has 1 aromatic rings. The normalized spacial score (nSPS) is 8.90. The monoisotopic (exact) mass is 158 g/mol. The SMILES string of the molecule is CNC(=O)Nc1ncns1. The second-order valence-electron chi connectivity index (χ2n) is 1.45. The average molecular weight is 158 g/mol. The summed E-state index contributed by atoms with van der Waals surface area (Å²) in [6.07, 6.45) is 1.38. The Hall–Kier alpha value is -1.17. The Labute approximate surface area is 61.6 Å². The Morgan fingerprint density at radius 3 is 3.10 bits per heavy atom. The van der Waals surface area contributed by atoms with Gasteiger partial charge in [0.05, 0.1) is 0 Å². The molecule has 2 N–H and O–H groups in total. The molecule has 0 aliphatic carbocycles. The summed E-state index contributed by atoms with van der Waals surface area (Å²) in [6, 6.07) is -0.281. The van der Waals surface area contributed by atoms with Crippen molar-refractivity contribution in [3.63, 3.8) is 0 Å². The van der Waals surface area contributed by atoms with Crippen molar-refractivity contribution in [2.45, 2.75) is 0 Å². The number of anilines is 1. The quantitative estimate of drug-likeness (QED) is 0.617. The number of rotatable bonds is 1. The smallest absolute Gasteiger partial charge is 0.320 e. The molecule has 54 valence electrons. The van der Waals surface area contributed by atoms with Crippen LogP contribution in [0.25, 0.3) is 0 Å². The first-order valence-corrected chi connectivity index (χ1v) is 3.35. The molecule has 0 atom stereocenters. The van der Waals surface area contributed by atoms with Gasteiger partial charge in [0, 0.05) is 18.6 Å². The van der Waals surface area contributed by atoms with E-state index in [9.17, 15) is 4.79 Å². The largest absolute Gasteiger partial charge is 0.341 e. The van der Waals surface area contributed by atoms with E-state index >= 15 is 0 Å². The van der Waals surface area contributed by atoms with Crippen molar-refractivity contribution in [2.75, 3.05) is 12.4 Å². The van der Waals surface area contributed by atoms with Gasteiger partial charge in [-0.25, -0.2) is 9.78 Å². The fourth-order valence-corrected chi connectivity index (χ4v) is 0.815. The number of carbonyl (C=O) groups is 1. The molecule has 0 saturated carbocycles. The van der Waals surface area contributed by atoms with Crippen LogP contribution in [0.3, 0.4) is 0 Å². The van der Waals surface area contributed by atoms with Crippen molar-refractivity contribution in [1.82, 2.24) is 14.7 Å². The lowest BCUT2D eigenvalue weighted by Gasteiger charge is -1.96. The number of hydrogen-bond acceptors (Lipinski definition) is 4. The number of nitrogens with zero attached hydrogens (tertiary/aromatic N) is 2. The Balaban J connectivity index is 2.48. The van der Waals surface area contributed by atoms with E-state index in [4.69, 9.17) is 0 Å². The molecule has 0 aliphatic rings. The Morgan fingerprint density at radius 2 is 2.60 bits per heavy atom. The zero-order valence-electron chi connectivity index (χ0n) is 5.29. The molecule has 0 saturated heterocycles. The van der Waals surface area contributed by atoms with E-state index in [-0.39, 0.29) is 6.03 Å². The van der Waals surface area contributed by atoms with Crippen molar-refractivity contribution in [3.05, 3.63) is 6.33 Å². The third-order valence-electron chi connectivity index (χ3n) is 0.809. The van der Waals surface area contributed by atoms with E-state index in [0.717, 1.165) is 11.5 Å². The molecule has 10 heavy (non-hydrogen) atoms. The maximum atomic E-state index is 10.6. The lowest BCUT2D eigenvalue weighted by molar-refractivity contribution is 0.254. The zero-order chi connectivity index (χ0) is 7.40. The minimum Gasteiger partial charge on any atom is -0.341 e. The first kappa shape index (κ1) is 6.94. The summed E-state index contributed by atoms with van der Waals surface area (Å²) in [5.41, 5.74) is 0. The fraction of sp³-hybridized carbons (Fsp3) is 0.250. The Bertz CT molecular complexity index is 209. The average Bonchev–Trinajstić information content (AvgIpc) is 2.40. The van der Waals surface area contributed by atoms with Crippen molar-refractivity contribution in [2.24, 2.45) is 0 Å². The van der Waals surface area contributed by atoms with Crippen molar-refractivity contribution in [1.29, 1.82) is 0 Å². The van der Waals surface area contributed by atoms with Crippen molar-refractivity contribution in [3.8, 4) is 0 Å². The molecule has 0 bridgehead atoms. The molecular weight excluding hydrogens is 152 g/mol. The molecule has 1 heterocycles. The summed E-state index contributed by atoms with van der Waals surface area (Å²) >= 11 is 1.13. The molecule has 1 aromatic heterocycles. The van der Waals surface area contributed by atoms with Crippen LogP contribution in [-0.4, -0.2) is 22.4 Å². The van der Waals surface area contributed by atoms with Crippen LogP contribution in [-0.2, 0) is 0 Å². The van der Waals surface area contributed by atoms with Crippen LogP contribution < -0.4 is 10.6 Å². The first-order chi connectivity index (χ1) is 4.83. The summed E-state index contributed by atoms with van der Waals surface area (Å²) in [6.45, 7) is 0. The molecule has 0 unspecified atom stereocenters. The maximum Gasteiger partial charge on any atom is 0.320 e. The summed E-state index contributed by atoms with van der Waals surface area (Å²) in [5.74, 6) is 0. The highest BCUT2D eigenvalue weighted by atomic mass is 32.1. The van der Waals surface area contributed by atoms with Gasteiger partial charge in [-0.15, -0.1) is 0 Å². The number of aromatic nitrogens is 2. The van der Waals surface area contributed by atoms with Gasteiger partial charge in [0.1, 0.15) is 6.33 Å². The minimum atomic E-state index is -0.281. The lowest BCUT2D eigenvalue weighted by Crippen LogP contribution is -2.24. The van der Waals surface area contributed by atoms with Crippen LogP contribution in [0.4, 0.5) is 9.93 Å². The lowest BCUT2D eigenvalue weighted by atomic mass is 10.9. The fourth-order valence-electron chi connectivity index (χ4n) is 0.388. The number of carbonyl (C=O) groups excluding carboxylic acids is 1. The summed E-state index contributed by atoms with van der Waals surface area (Å²) in [5, 5.41) is 5.36. The molecule has 0 spiro atoms. The van der Waals surface area contributed by atoms with Crippen LogP contribution in [0.15, 0.2) is 6.33 Å². The van der Waals surface area contributed by atoms with Gasteiger partial charge in [-0.05, 0) is 0 Å². The van der Waals surface area contributed by atoms with E-state index in [2.05, 4.69) is 20.0 Å². The Kier molecular flexibility index (Phi) is 2.16. The Morgan fingerprint density at radius 1 is 1.80 bits per heavy atom. The first-order valence-electron chi connectivity index (χ1n) is 2.58. The predicted octanol–water partition coefficient (Wildman–Crippen LogP) is 0.289. The second-order valence-corrected chi connectivity index (χ2v) is 2.23. The van der Waals surface area contributed by atoms with E-state index in [0.29, 0.717) is 5.13 Å². The van der Waals surface area contributed by atoms with Crippen molar-refractivity contribution >= 4 is 22.7 Å². The van der Waals surface area contributed by atoms with E-state index in [1.807, 2.05) is 0 Å². The van der Waals surface area contributed by atoms with Crippen LogP contribution >= 0.6 is 11.5 Å². The number of urea groups is 1. The zero-order valence-corrected chi connectivity index (χ0v) is 6.10.